The molecule has 4 aliphatic carbocycles. The molecule has 0 spiro atoms. The number of nitrogens with zero attached hydrogens (tertiary/aromatic N) is 1. The van der Waals surface area contributed by atoms with Gasteiger partial charge in [-0.3, -0.25) is 9.59 Å². The zero-order chi connectivity index (χ0) is 20.3. The van der Waals surface area contributed by atoms with Gasteiger partial charge in [-0.25, -0.2) is 0 Å². The summed E-state index contributed by atoms with van der Waals surface area (Å²) in [6.45, 7) is 1.52. The van der Waals surface area contributed by atoms with Crippen LogP contribution in [0.25, 0.3) is 0 Å². The summed E-state index contributed by atoms with van der Waals surface area (Å²) >= 11 is 5.66. The Hall–Kier alpha value is -1.50. The lowest BCUT2D eigenvalue weighted by Gasteiger charge is -2.59. The Morgan fingerprint density at radius 1 is 1.25 bits per heavy atom. The third-order valence-corrected chi connectivity index (χ3v) is 7.34. The predicted octanol–water partition coefficient (Wildman–Crippen LogP) is 4.24. The van der Waals surface area contributed by atoms with Crippen LogP contribution in [0.1, 0.15) is 51.0 Å². The Morgan fingerprint density at radius 2 is 1.79 bits per heavy atom. The van der Waals surface area contributed by atoms with Crippen LogP contribution in [0.3, 0.4) is 0 Å². The van der Waals surface area contributed by atoms with Gasteiger partial charge in [0, 0.05) is 12.2 Å². The summed E-state index contributed by atoms with van der Waals surface area (Å²) in [6, 6.07) is 0.529. The SMILES string of the molecule is CC(NC(=O)Cn1cc(C(F)(F)F)cc(Cl)c1=O)C12CC3CC(CC(C3)C1)C2. The molecular weight excluding hydrogens is 393 g/mol. The zero-order valence-electron chi connectivity index (χ0n) is 15.7. The first-order valence-corrected chi connectivity index (χ1v) is 10.2. The first kappa shape index (κ1) is 19.8. The minimum atomic E-state index is -4.64. The summed E-state index contributed by atoms with van der Waals surface area (Å²) in [5, 5.41) is 2.42. The Labute approximate surface area is 166 Å². The number of amides is 1. The highest BCUT2D eigenvalue weighted by atomic mass is 35.5. The molecule has 154 valence electrons. The van der Waals surface area contributed by atoms with Gasteiger partial charge in [0.05, 0.1) is 5.56 Å². The quantitative estimate of drug-likeness (QED) is 0.798. The van der Waals surface area contributed by atoms with Crippen LogP contribution in [0.5, 0.6) is 0 Å². The fraction of sp³-hybridized carbons (Fsp3) is 0.700. The van der Waals surface area contributed by atoms with Crippen molar-refractivity contribution in [2.24, 2.45) is 23.2 Å². The molecule has 8 heteroatoms. The number of hydrogen-bond donors (Lipinski definition) is 1. The smallest absolute Gasteiger partial charge is 0.352 e. The van der Waals surface area contributed by atoms with Gasteiger partial charge in [-0.15, -0.1) is 0 Å². The van der Waals surface area contributed by atoms with Crippen molar-refractivity contribution in [3.8, 4) is 0 Å². The van der Waals surface area contributed by atoms with Gasteiger partial charge in [0.2, 0.25) is 5.91 Å². The Morgan fingerprint density at radius 3 is 2.29 bits per heavy atom. The van der Waals surface area contributed by atoms with E-state index in [1.165, 1.54) is 19.3 Å². The maximum absolute atomic E-state index is 13.0. The van der Waals surface area contributed by atoms with E-state index in [4.69, 9.17) is 11.6 Å². The summed E-state index contributed by atoms with van der Waals surface area (Å²) < 4.78 is 39.7. The first-order chi connectivity index (χ1) is 13.1. The van der Waals surface area contributed by atoms with E-state index in [0.29, 0.717) is 12.3 Å². The topological polar surface area (TPSA) is 51.1 Å². The van der Waals surface area contributed by atoms with E-state index in [1.807, 2.05) is 6.92 Å². The van der Waals surface area contributed by atoms with Crippen LogP contribution in [-0.2, 0) is 17.5 Å². The maximum Gasteiger partial charge on any atom is 0.417 e. The fourth-order valence-corrected chi connectivity index (χ4v) is 6.40. The van der Waals surface area contributed by atoms with Gasteiger partial charge >= 0.3 is 6.18 Å². The van der Waals surface area contributed by atoms with Crippen molar-refractivity contribution in [2.45, 2.75) is 64.2 Å². The van der Waals surface area contributed by atoms with Crippen LogP contribution in [0.15, 0.2) is 17.1 Å². The number of pyridine rings is 1. The number of aromatic nitrogens is 1. The van der Waals surface area contributed by atoms with Gasteiger partial charge in [0.1, 0.15) is 11.6 Å². The number of alkyl halides is 3. The number of hydrogen-bond acceptors (Lipinski definition) is 2. The molecule has 28 heavy (non-hydrogen) atoms. The van der Waals surface area contributed by atoms with E-state index in [1.54, 1.807) is 0 Å². The molecule has 0 saturated heterocycles. The van der Waals surface area contributed by atoms with Crippen molar-refractivity contribution in [1.29, 1.82) is 0 Å². The summed E-state index contributed by atoms with van der Waals surface area (Å²) in [6.07, 6.45) is 3.21. The van der Waals surface area contributed by atoms with Crippen molar-refractivity contribution in [1.82, 2.24) is 9.88 Å². The van der Waals surface area contributed by atoms with Gasteiger partial charge in [-0.2, -0.15) is 13.2 Å². The normalized spacial score (nSPS) is 32.4. The van der Waals surface area contributed by atoms with Gasteiger partial charge in [0.15, 0.2) is 0 Å². The molecule has 0 aliphatic heterocycles. The fourth-order valence-electron chi connectivity index (χ4n) is 6.17. The molecule has 1 N–H and O–H groups in total. The highest BCUT2D eigenvalue weighted by Crippen LogP contribution is 2.61. The summed E-state index contributed by atoms with van der Waals surface area (Å²) in [7, 11) is 0. The summed E-state index contributed by atoms with van der Waals surface area (Å²) in [5.41, 5.74) is -1.76. The number of nitrogens with one attached hydrogen (secondary N) is 1. The van der Waals surface area contributed by atoms with E-state index in [2.05, 4.69) is 5.32 Å². The van der Waals surface area contributed by atoms with E-state index < -0.39 is 34.8 Å². The highest BCUT2D eigenvalue weighted by Gasteiger charge is 2.53. The molecule has 1 aromatic rings. The van der Waals surface area contributed by atoms with Gasteiger partial charge in [0.25, 0.3) is 5.56 Å². The first-order valence-electron chi connectivity index (χ1n) is 9.82. The Bertz CT molecular complexity index is 814. The zero-order valence-corrected chi connectivity index (χ0v) is 16.4. The van der Waals surface area contributed by atoms with Crippen molar-refractivity contribution in [3.05, 3.63) is 33.2 Å². The number of rotatable bonds is 4. The van der Waals surface area contributed by atoms with Gasteiger partial charge < -0.3 is 9.88 Å². The molecule has 0 aromatic carbocycles. The molecule has 4 aliphatic rings. The van der Waals surface area contributed by atoms with Crippen LogP contribution in [0.2, 0.25) is 5.02 Å². The van der Waals surface area contributed by atoms with E-state index >= 15 is 0 Å². The van der Waals surface area contributed by atoms with Crippen molar-refractivity contribution < 1.29 is 18.0 Å². The third-order valence-electron chi connectivity index (χ3n) is 7.07. The average molecular weight is 417 g/mol. The van der Waals surface area contributed by atoms with Crippen molar-refractivity contribution in [3.63, 3.8) is 0 Å². The Balaban J connectivity index is 1.48. The maximum atomic E-state index is 13.0. The molecule has 0 radical (unpaired) electrons. The molecule has 1 atom stereocenters. The minimum Gasteiger partial charge on any atom is -0.352 e. The number of halogens is 4. The molecule has 4 fully saturated rings. The molecule has 1 unspecified atom stereocenters. The number of carbonyl (C=O) groups is 1. The third kappa shape index (κ3) is 3.58. The molecule has 4 saturated carbocycles. The van der Waals surface area contributed by atoms with E-state index in [0.717, 1.165) is 41.6 Å². The second-order valence-corrected chi connectivity index (χ2v) is 9.48. The molecular formula is C20H24ClF3N2O2. The lowest BCUT2D eigenvalue weighted by atomic mass is 9.48. The van der Waals surface area contributed by atoms with Crippen LogP contribution in [0.4, 0.5) is 13.2 Å². The van der Waals surface area contributed by atoms with E-state index in [9.17, 15) is 22.8 Å². The molecule has 1 amide bonds. The Kier molecular flexibility index (Phi) is 4.80. The highest BCUT2D eigenvalue weighted by molar-refractivity contribution is 6.30. The minimum absolute atomic E-state index is 0.0645. The predicted molar refractivity (Wildman–Crippen MR) is 98.9 cm³/mol. The lowest BCUT2D eigenvalue weighted by molar-refractivity contribution is -0.138. The van der Waals surface area contributed by atoms with Crippen molar-refractivity contribution >= 4 is 17.5 Å². The standard InChI is InChI=1S/C20H24ClF3N2O2/c1-11(19-6-12-2-13(7-19)4-14(3-12)8-19)25-17(27)10-26-9-15(20(22,23)24)5-16(21)18(26)28/h5,9,11-14H,2-4,6-8,10H2,1H3,(H,25,27). The van der Waals surface area contributed by atoms with E-state index in [-0.39, 0.29) is 11.5 Å². The molecule has 1 aromatic heterocycles. The molecule has 4 nitrogen and oxygen atoms in total. The van der Waals surface area contributed by atoms with Crippen LogP contribution in [0, 0.1) is 23.2 Å². The van der Waals surface area contributed by atoms with Crippen molar-refractivity contribution in [2.75, 3.05) is 0 Å². The molecule has 4 bridgehead atoms. The largest absolute Gasteiger partial charge is 0.417 e. The van der Waals surface area contributed by atoms with Gasteiger partial charge in [-0.1, -0.05) is 11.6 Å². The van der Waals surface area contributed by atoms with Crippen LogP contribution >= 0.6 is 11.6 Å². The number of carbonyl (C=O) groups excluding carboxylic acids is 1. The molecule has 5 rings (SSSR count). The second-order valence-electron chi connectivity index (χ2n) is 9.08. The summed E-state index contributed by atoms with van der Waals surface area (Å²) in [5.74, 6) is 1.74. The summed E-state index contributed by atoms with van der Waals surface area (Å²) in [4.78, 5) is 24.6. The van der Waals surface area contributed by atoms with Gasteiger partial charge in [-0.05, 0) is 74.7 Å². The second kappa shape index (κ2) is 6.78. The van der Waals surface area contributed by atoms with Crippen LogP contribution in [-0.4, -0.2) is 16.5 Å². The monoisotopic (exact) mass is 416 g/mol. The average Bonchev–Trinajstić information content (AvgIpc) is 2.56. The molecule has 1 heterocycles. The van der Waals surface area contributed by atoms with Crippen LogP contribution < -0.4 is 10.9 Å². The lowest BCUT2D eigenvalue weighted by Crippen LogP contribution is -2.56.